The van der Waals surface area contributed by atoms with Gasteiger partial charge in [-0.05, 0) is 30.9 Å². The van der Waals surface area contributed by atoms with Crippen molar-refractivity contribution in [3.8, 4) is 5.75 Å². The van der Waals surface area contributed by atoms with Crippen molar-refractivity contribution < 1.29 is 9.53 Å². The first-order chi connectivity index (χ1) is 8.34. The Labute approximate surface area is 100 Å². The van der Waals surface area contributed by atoms with Crippen molar-refractivity contribution in [2.75, 3.05) is 0 Å². The molecule has 4 atom stereocenters. The van der Waals surface area contributed by atoms with E-state index in [1.165, 1.54) is 0 Å². The van der Waals surface area contributed by atoms with Crippen molar-refractivity contribution in [2.24, 2.45) is 17.8 Å². The minimum atomic E-state index is 0.0636. The van der Waals surface area contributed by atoms with Gasteiger partial charge in [0.1, 0.15) is 11.9 Å². The van der Waals surface area contributed by atoms with Crippen LogP contribution in [0.3, 0.4) is 0 Å². The molecule has 1 aromatic rings. The van der Waals surface area contributed by atoms with Crippen LogP contribution < -0.4 is 4.74 Å². The molecule has 0 amide bonds. The van der Waals surface area contributed by atoms with Gasteiger partial charge in [0, 0.05) is 5.92 Å². The van der Waals surface area contributed by atoms with Gasteiger partial charge >= 0.3 is 0 Å². The lowest BCUT2D eigenvalue weighted by Gasteiger charge is -2.46. The Bertz CT molecular complexity index is 517. The number of para-hydroxylation sites is 1. The molecule has 0 N–H and O–H groups in total. The van der Waals surface area contributed by atoms with Crippen LogP contribution in [-0.2, 0) is 0 Å². The highest BCUT2D eigenvalue weighted by atomic mass is 16.5. The minimum Gasteiger partial charge on any atom is -0.488 e. The van der Waals surface area contributed by atoms with Crippen LogP contribution in [0.25, 0.3) is 0 Å². The fourth-order valence-corrected chi connectivity index (χ4v) is 3.55. The van der Waals surface area contributed by atoms with Crippen LogP contribution in [0.1, 0.15) is 23.2 Å². The molecule has 1 heterocycles. The molecule has 0 unspecified atom stereocenters. The normalized spacial score (nSPS) is 37.3. The highest BCUT2D eigenvalue weighted by molar-refractivity contribution is 6.02. The molecular formula is C15H14O2. The van der Waals surface area contributed by atoms with Crippen LogP contribution in [0.4, 0.5) is 0 Å². The van der Waals surface area contributed by atoms with E-state index in [1.807, 2.05) is 24.3 Å². The summed E-state index contributed by atoms with van der Waals surface area (Å²) >= 11 is 0. The van der Waals surface area contributed by atoms with E-state index < -0.39 is 0 Å². The fraction of sp³-hybridized carbons (Fsp3) is 0.400. The van der Waals surface area contributed by atoms with E-state index >= 15 is 0 Å². The Morgan fingerprint density at radius 1 is 1.06 bits per heavy atom. The Morgan fingerprint density at radius 2 is 1.82 bits per heavy atom. The van der Waals surface area contributed by atoms with E-state index in [4.69, 9.17) is 4.74 Å². The summed E-state index contributed by atoms with van der Waals surface area (Å²) in [6.45, 7) is 0. The smallest absolute Gasteiger partial charge is 0.173 e. The van der Waals surface area contributed by atoms with Gasteiger partial charge in [-0.2, -0.15) is 0 Å². The van der Waals surface area contributed by atoms with Gasteiger partial charge in [-0.15, -0.1) is 0 Å². The van der Waals surface area contributed by atoms with Gasteiger partial charge in [0.25, 0.3) is 0 Å². The summed E-state index contributed by atoms with van der Waals surface area (Å²) in [5, 5.41) is 0. The van der Waals surface area contributed by atoms with Crippen molar-refractivity contribution in [2.45, 2.75) is 18.9 Å². The second-order valence-corrected chi connectivity index (χ2v) is 5.26. The van der Waals surface area contributed by atoms with Crippen molar-refractivity contribution in [1.82, 2.24) is 0 Å². The minimum absolute atomic E-state index is 0.0636. The Kier molecular flexibility index (Phi) is 1.79. The van der Waals surface area contributed by atoms with Gasteiger partial charge in [0.15, 0.2) is 5.78 Å². The van der Waals surface area contributed by atoms with Crippen molar-refractivity contribution in [3.63, 3.8) is 0 Å². The number of hydrogen-bond donors (Lipinski definition) is 0. The maximum Gasteiger partial charge on any atom is 0.173 e. The summed E-state index contributed by atoms with van der Waals surface area (Å²) in [6.07, 6.45) is 6.86. The Balaban J connectivity index is 1.85. The van der Waals surface area contributed by atoms with Crippen LogP contribution in [0, 0.1) is 17.8 Å². The average molecular weight is 226 g/mol. The summed E-state index contributed by atoms with van der Waals surface area (Å²) in [5.41, 5.74) is 0.773. The van der Waals surface area contributed by atoms with Gasteiger partial charge in [0.05, 0.1) is 11.5 Å². The molecule has 4 aliphatic rings. The predicted octanol–water partition coefficient (Wildman–Crippen LogP) is 2.84. The number of benzene rings is 1. The number of fused-ring (bicyclic) bond motifs is 2. The van der Waals surface area contributed by atoms with Crippen molar-refractivity contribution in [1.29, 1.82) is 0 Å². The third-order valence-corrected chi connectivity index (χ3v) is 4.39. The molecule has 0 saturated heterocycles. The van der Waals surface area contributed by atoms with Gasteiger partial charge in [-0.25, -0.2) is 0 Å². The quantitative estimate of drug-likeness (QED) is 0.636. The Hall–Kier alpha value is -1.57. The maximum atomic E-state index is 12.5. The molecule has 5 rings (SSSR count). The summed E-state index contributed by atoms with van der Waals surface area (Å²) < 4.78 is 6.07. The van der Waals surface area contributed by atoms with Crippen LogP contribution in [-0.4, -0.2) is 11.9 Å². The SMILES string of the molecule is O=C1c2ccccc2O[C@H]2[C@@H]1[C@@H]1C=C[C@H]2CC1. The van der Waals surface area contributed by atoms with Crippen molar-refractivity contribution >= 4 is 5.78 Å². The number of allylic oxidation sites excluding steroid dienone is 1. The first-order valence-electron chi connectivity index (χ1n) is 6.33. The summed E-state index contributed by atoms with van der Waals surface area (Å²) in [6, 6.07) is 7.65. The van der Waals surface area contributed by atoms with E-state index in [2.05, 4.69) is 12.2 Å². The fourth-order valence-electron chi connectivity index (χ4n) is 3.55. The molecule has 3 aliphatic carbocycles. The van der Waals surface area contributed by atoms with Crippen molar-refractivity contribution in [3.05, 3.63) is 42.0 Å². The zero-order valence-corrected chi connectivity index (χ0v) is 9.50. The van der Waals surface area contributed by atoms with E-state index in [9.17, 15) is 4.79 Å². The number of rotatable bonds is 0. The predicted molar refractivity (Wildman–Crippen MR) is 64.0 cm³/mol. The molecule has 86 valence electrons. The molecule has 2 heteroatoms. The molecule has 1 saturated carbocycles. The number of carbonyl (C=O) groups is 1. The molecule has 2 nitrogen and oxygen atoms in total. The third-order valence-electron chi connectivity index (χ3n) is 4.39. The standard InChI is InChI=1S/C15H14O2/c16-14-11-3-1-2-4-12(11)17-15-10-7-5-9(6-8-10)13(14)15/h1-5,7,9-10,13,15H,6,8H2/t9-,10+,13-,15-/m1/s1. The number of carbonyl (C=O) groups excluding carboxylic acids is 1. The van der Waals surface area contributed by atoms with Gasteiger partial charge in [0.2, 0.25) is 0 Å². The second-order valence-electron chi connectivity index (χ2n) is 5.26. The molecule has 0 aromatic heterocycles. The van der Waals surface area contributed by atoms with Gasteiger partial charge < -0.3 is 4.74 Å². The zero-order chi connectivity index (χ0) is 11.4. The van der Waals surface area contributed by atoms with Crippen LogP contribution in [0.5, 0.6) is 5.75 Å². The molecule has 0 spiro atoms. The first-order valence-corrected chi connectivity index (χ1v) is 6.33. The van der Waals surface area contributed by atoms with Crippen LogP contribution in [0.2, 0.25) is 0 Å². The first kappa shape index (κ1) is 9.46. The number of ketones is 1. The maximum absolute atomic E-state index is 12.5. The number of hydrogen-bond acceptors (Lipinski definition) is 2. The third kappa shape index (κ3) is 1.18. The second kappa shape index (κ2) is 3.22. The topological polar surface area (TPSA) is 26.3 Å². The highest BCUT2D eigenvalue weighted by Crippen LogP contribution is 2.47. The molecule has 17 heavy (non-hydrogen) atoms. The summed E-state index contributed by atoms with van der Waals surface area (Å²) in [7, 11) is 0. The lowest BCUT2D eigenvalue weighted by atomic mass is 9.64. The molecular weight excluding hydrogens is 212 g/mol. The number of Topliss-reactive ketones (excluding diaryl/α,β-unsaturated/α-hetero) is 1. The highest BCUT2D eigenvalue weighted by Gasteiger charge is 2.49. The summed E-state index contributed by atoms with van der Waals surface area (Å²) in [4.78, 5) is 12.5. The zero-order valence-electron chi connectivity index (χ0n) is 9.50. The van der Waals surface area contributed by atoms with E-state index in [-0.39, 0.29) is 17.8 Å². The molecule has 1 aromatic carbocycles. The molecule has 1 fully saturated rings. The van der Waals surface area contributed by atoms with E-state index in [1.54, 1.807) is 0 Å². The van der Waals surface area contributed by atoms with Gasteiger partial charge in [-0.1, -0.05) is 24.3 Å². The van der Waals surface area contributed by atoms with E-state index in [0.717, 1.165) is 24.2 Å². The van der Waals surface area contributed by atoms with Crippen LogP contribution in [0.15, 0.2) is 36.4 Å². The lowest BCUT2D eigenvalue weighted by molar-refractivity contribution is 0.0150. The van der Waals surface area contributed by atoms with E-state index in [0.29, 0.717) is 11.8 Å². The Morgan fingerprint density at radius 3 is 2.65 bits per heavy atom. The summed E-state index contributed by atoms with van der Waals surface area (Å²) in [5.74, 6) is 1.96. The average Bonchev–Trinajstić information content (AvgIpc) is 2.40. The largest absolute Gasteiger partial charge is 0.488 e. The molecule has 0 radical (unpaired) electrons. The lowest BCUT2D eigenvalue weighted by Crippen LogP contribution is -2.50. The monoisotopic (exact) mass is 226 g/mol. The van der Waals surface area contributed by atoms with Gasteiger partial charge in [-0.3, -0.25) is 4.79 Å². The molecule has 1 aliphatic heterocycles. The number of ether oxygens (including phenoxy) is 1. The molecule has 2 bridgehead atoms. The van der Waals surface area contributed by atoms with Crippen LogP contribution >= 0.6 is 0 Å².